The SMILES string of the molecule is CC1(C(O)CC2c3ccccc3-c3cnc(N)n32)CC2CCCC(C2)C1. The molecule has 3 aliphatic rings. The summed E-state index contributed by atoms with van der Waals surface area (Å²) in [7, 11) is 0. The van der Waals surface area contributed by atoms with Crippen molar-refractivity contribution in [1.29, 1.82) is 0 Å². The zero-order chi connectivity index (χ0) is 17.9. The van der Waals surface area contributed by atoms with Gasteiger partial charge in [0, 0.05) is 5.56 Å². The number of aliphatic hydroxyl groups is 1. The van der Waals surface area contributed by atoms with Crippen molar-refractivity contribution in [2.45, 2.75) is 64.0 Å². The van der Waals surface area contributed by atoms with Gasteiger partial charge in [0.1, 0.15) is 0 Å². The third-order valence-electron chi connectivity index (χ3n) is 7.39. The molecule has 1 aliphatic heterocycles. The maximum Gasteiger partial charge on any atom is 0.201 e. The van der Waals surface area contributed by atoms with Crippen molar-refractivity contribution in [2.24, 2.45) is 17.3 Å². The molecular formula is C22H29N3O. The molecule has 4 heteroatoms. The van der Waals surface area contributed by atoms with E-state index in [1.54, 1.807) is 0 Å². The summed E-state index contributed by atoms with van der Waals surface area (Å²) in [4.78, 5) is 4.33. The van der Waals surface area contributed by atoms with Crippen LogP contribution in [0.15, 0.2) is 30.5 Å². The highest BCUT2D eigenvalue weighted by molar-refractivity contribution is 5.71. The molecule has 2 saturated carbocycles. The zero-order valence-corrected chi connectivity index (χ0v) is 15.6. The standard InChI is InChI=1S/C22H29N3O/c1-22(11-14-5-4-6-15(9-14)12-22)20(26)10-18-16-7-2-3-8-17(16)19-13-24-21(23)25(18)19/h2-3,7-8,13-15,18,20,26H,4-6,9-12H2,1H3,(H2,23,24). The van der Waals surface area contributed by atoms with Crippen molar-refractivity contribution in [2.75, 3.05) is 5.73 Å². The number of aromatic nitrogens is 2. The summed E-state index contributed by atoms with van der Waals surface area (Å²) in [5, 5.41) is 11.4. The fraction of sp³-hybridized carbons (Fsp3) is 0.591. The van der Waals surface area contributed by atoms with Crippen LogP contribution < -0.4 is 5.73 Å². The highest BCUT2D eigenvalue weighted by Gasteiger charge is 2.45. The van der Waals surface area contributed by atoms with Gasteiger partial charge in [-0.3, -0.25) is 0 Å². The second-order valence-corrected chi connectivity index (χ2v) is 9.19. The van der Waals surface area contributed by atoms with E-state index in [0.717, 1.165) is 24.0 Å². The molecule has 0 amide bonds. The Kier molecular flexibility index (Phi) is 3.68. The van der Waals surface area contributed by atoms with Gasteiger partial charge < -0.3 is 15.4 Å². The van der Waals surface area contributed by atoms with E-state index in [1.807, 2.05) is 6.20 Å². The van der Waals surface area contributed by atoms with Gasteiger partial charge in [0.05, 0.1) is 24.0 Å². The summed E-state index contributed by atoms with van der Waals surface area (Å²) in [5.74, 6) is 2.18. The minimum absolute atomic E-state index is 0.0288. The Bertz CT molecular complexity index is 815. The molecule has 2 aromatic rings. The zero-order valence-electron chi connectivity index (χ0n) is 15.6. The largest absolute Gasteiger partial charge is 0.392 e. The van der Waals surface area contributed by atoms with Crippen molar-refractivity contribution in [3.63, 3.8) is 0 Å². The Hall–Kier alpha value is -1.81. The Labute approximate surface area is 155 Å². The summed E-state index contributed by atoms with van der Waals surface area (Å²) in [6.45, 7) is 2.32. The number of anilines is 1. The average Bonchev–Trinajstić information content (AvgIpc) is 3.14. The molecule has 0 spiro atoms. The van der Waals surface area contributed by atoms with E-state index < -0.39 is 0 Å². The molecule has 5 rings (SSSR count). The number of rotatable bonds is 3. The lowest BCUT2D eigenvalue weighted by Crippen LogP contribution is -2.42. The van der Waals surface area contributed by atoms with Crippen LogP contribution in [0.25, 0.3) is 11.3 Å². The van der Waals surface area contributed by atoms with E-state index in [4.69, 9.17) is 5.73 Å². The van der Waals surface area contributed by atoms with Crippen LogP contribution >= 0.6 is 0 Å². The van der Waals surface area contributed by atoms with Crippen LogP contribution in [-0.4, -0.2) is 20.8 Å². The topological polar surface area (TPSA) is 64.1 Å². The molecule has 4 atom stereocenters. The second kappa shape index (κ2) is 5.85. The number of fused-ring (bicyclic) bond motifs is 5. The van der Waals surface area contributed by atoms with E-state index in [-0.39, 0.29) is 17.6 Å². The van der Waals surface area contributed by atoms with E-state index in [1.165, 1.54) is 49.7 Å². The lowest BCUT2D eigenvalue weighted by molar-refractivity contribution is -0.0459. The Morgan fingerprint density at radius 1 is 1.27 bits per heavy atom. The molecular weight excluding hydrogens is 322 g/mol. The van der Waals surface area contributed by atoms with E-state index in [2.05, 4.69) is 40.7 Å². The highest BCUT2D eigenvalue weighted by atomic mass is 16.3. The van der Waals surface area contributed by atoms with E-state index in [0.29, 0.717) is 5.95 Å². The van der Waals surface area contributed by atoms with Gasteiger partial charge in [0.25, 0.3) is 0 Å². The summed E-state index contributed by atoms with van der Waals surface area (Å²) in [5.41, 5.74) is 9.79. The first kappa shape index (κ1) is 16.4. The van der Waals surface area contributed by atoms with Crippen LogP contribution in [-0.2, 0) is 0 Å². The van der Waals surface area contributed by atoms with Crippen molar-refractivity contribution < 1.29 is 5.11 Å². The summed E-state index contributed by atoms with van der Waals surface area (Å²) >= 11 is 0. The van der Waals surface area contributed by atoms with Crippen LogP contribution in [0.4, 0.5) is 5.95 Å². The van der Waals surface area contributed by atoms with E-state index in [9.17, 15) is 5.11 Å². The fourth-order valence-corrected chi connectivity index (χ4v) is 6.24. The van der Waals surface area contributed by atoms with Gasteiger partial charge in [-0.1, -0.05) is 50.5 Å². The molecule has 0 saturated heterocycles. The van der Waals surface area contributed by atoms with Gasteiger partial charge in [-0.2, -0.15) is 0 Å². The average molecular weight is 351 g/mol. The molecule has 3 N–H and O–H groups in total. The molecule has 2 heterocycles. The normalized spacial score (nSPS) is 33.5. The third kappa shape index (κ3) is 2.42. The minimum atomic E-state index is -0.309. The quantitative estimate of drug-likeness (QED) is 0.862. The minimum Gasteiger partial charge on any atom is -0.392 e. The predicted molar refractivity (Wildman–Crippen MR) is 104 cm³/mol. The maximum absolute atomic E-state index is 11.4. The van der Waals surface area contributed by atoms with Crippen molar-refractivity contribution in [1.82, 2.24) is 9.55 Å². The highest BCUT2D eigenvalue weighted by Crippen LogP contribution is 2.52. The number of imidazole rings is 1. The van der Waals surface area contributed by atoms with Crippen LogP contribution in [0.3, 0.4) is 0 Å². The Balaban J connectivity index is 1.45. The molecule has 4 unspecified atom stereocenters. The van der Waals surface area contributed by atoms with Crippen molar-refractivity contribution in [3.8, 4) is 11.3 Å². The number of hydrogen-bond donors (Lipinski definition) is 2. The summed E-state index contributed by atoms with van der Waals surface area (Å²) < 4.78 is 2.13. The maximum atomic E-state index is 11.4. The third-order valence-corrected chi connectivity index (χ3v) is 7.39. The smallest absolute Gasteiger partial charge is 0.201 e. The molecule has 2 aliphatic carbocycles. The number of nitrogens with zero attached hydrogens (tertiary/aromatic N) is 2. The number of nitrogen functional groups attached to an aromatic ring is 1. The lowest BCUT2D eigenvalue weighted by Gasteiger charge is -2.48. The van der Waals surface area contributed by atoms with Gasteiger partial charge in [0.15, 0.2) is 0 Å². The molecule has 0 radical (unpaired) electrons. The molecule has 2 bridgehead atoms. The van der Waals surface area contributed by atoms with Gasteiger partial charge in [-0.25, -0.2) is 4.98 Å². The summed E-state index contributed by atoms with van der Waals surface area (Å²) in [6, 6.07) is 8.56. The first-order valence-corrected chi connectivity index (χ1v) is 10.2. The lowest BCUT2D eigenvalue weighted by atomic mass is 9.59. The second-order valence-electron chi connectivity index (χ2n) is 9.19. The van der Waals surface area contributed by atoms with Crippen LogP contribution in [0, 0.1) is 17.3 Å². The first-order valence-electron chi connectivity index (χ1n) is 10.2. The van der Waals surface area contributed by atoms with Crippen molar-refractivity contribution >= 4 is 5.95 Å². The molecule has 138 valence electrons. The van der Waals surface area contributed by atoms with Gasteiger partial charge in [-0.15, -0.1) is 0 Å². The van der Waals surface area contributed by atoms with Gasteiger partial charge in [0.2, 0.25) is 5.95 Å². The number of hydrogen-bond acceptors (Lipinski definition) is 3. The Morgan fingerprint density at radius 2 is 2.00 bits per heavy atom. The van der Waals surface area contributed by atoms with Crippen molar-refractivity contribution in [3.05, 3.63) is 36.0 Å². The van der Waals surface area contributed by atoms with Crippen LogP contribution in [0.5, 0.6) is 0 Å². The van der Waals surface area contributed by atoms with Gasteiger partial charge >= 0.3 is 0 Å². The van der Waals surface area contributed by atoms with Crippen LogP contribution in [0.1, 0.15) is 63.5 Å². The Morgan fingerprint density at radius 3 is 2.77 bits per heavy atom. The number of aliphatic hydroxyl groups excluding tert-OH is 1. The monoisotopic (exact) mass is 351 g/mol. The van der Waals surface area contributed by atoms with Crippen LogP contribution in [0.2, 0.25) is 0 Å². The molecule has 4 nitrogen and oxygen atoms in total. The van der Waals surface area contributed by atoms with Gasteiger partial charge in [-0.05, 0) is 48.5 Å². The summed E-state index contributed by atoms with van der Waals surface area (Å²) in [6.07, 6.45) is 10.1. The molecule has 1 aromatic heterocycles. The van der Waals surface area contributed by atoms with E-state index >= 15 is 0 Å². The predicted octanol–water partition coefficient (Wildman–Crippen LogP) is 4.39. The number of benzene rings is 1. The molecule has 1 aromatic carbocycles. The number of nitrogens with two attached hydrogens (primary N) is 1. The fourth-order valence-electron chi connectivity index (χ4n) is 6.24. The molecule has 2 fully saturated rings. The molecule has 26 heavy (non-hydrogen) atoms. The first-order chi connectivity index (χ1) is 12.5.